The molecule has 6 nitrogen and oxygen atoms in total. The van der Waals surface area contributed by atoms with Crippen LogP contribution in [-0.4, -0.2) is 24.4 Å². The highest BCUT2D eigenvalue weighted by Crippen LogP contribution is 2.43. The van der Waals surface area contributed by atoms with E-state index in [4.69, 9.17) is 0 Å². The molecule has 0 aliphatic heterocycles. The van der Waals surface area contributed by atoms with Gasteiger partial charge in [-0.25, -0.2) is 13.3 Å². The quantitative estimate of drug-likeness (QED) is 0.476. The molecule has 0 radical (unpaired) electrons. The number of hydrogen-bond acceptors (Lipinski definition) is 5. The van der Waals surface area contributed by atoms with E-state index in [1.165, 1.54) is 17.8 Å². The summed E-state index contributed by atoms with van der Waals surface area (Å²) in [6.45, 7) is 7.09. The number of rotatable bonds is 7. The molecule has 1 aliphatic rings. The Labute approximate surface area is 178 Å². The Balaban J connectivity index is 2.44. The SMILES string of the molecule is CC(C)(C)[S@](=O)N[C@@](C)(CSC1(C#N)CCCCC1)c1cc([N+](=O)[O-])ccc1F. The summed E-state index contributed by atoms with van der Waals surface area (Å²) in [7, 11) is -1.54. The monoisotopic (exact) mass is 441 g/mol. The number of halogens is 1. The van der Waals surface area contributed by atoms with E-state index in [1.54, 1.807) is 27.7 Å². The molecular weight excluding hydrogens is 413 g/mol. The number of nitro benzene ring substituents is 1. The van der Waals surface area contributed by atoms with Gasteiger partial charge in [0, 0.05) is 23.4 Å². The van der Waals surface area contributed by atoms with Crippen molar-refractivity contribution in [1.82, 2.24) is 4.72 Å². The Morgan fingerprint density at radius 2 is 1.93 bits per heavy atom. The molecule has 0 amide bonds. The van der Waals surface area contributed by atoms with Crippen molar-refractivity contribution in [3.8, 4) is 6.07 Å². The zero-order valence-corrected chi connectivity index (χ0v) is 18.9. The van der Waals surface area contributed by atoms with Crippen molar-refractivity contribution in [3.05, 3.63) is 39.7 Å². The maximum Gasteiger partial charge on any atom is 0.269 e. The van der Waals surface area contributed by atoms with Crippen molar-refractivity contribution < 1.29 is 13.5 Å². The van der Waals surface area contributed by atoms with Gasteiger partial charge in [-0.1, -0.05) is 19.3 Å². The van der Waals surface area contributed by atoms with Gasteiger partial charge < -0.3 is 0 Å². The summed E-state index contributed by atoms with van der Waals surface area (Å²) in [5.41, 5.74) is -1.30. The van der Waals surface area contributed by atoms with Crippen molar-refractivity contribution >= 4 is 28.4 Å². The number of benzene rings is 1. The minimum absolute atomic E-state index is 0.0840. The lowest BCUT2D eigenvalue weighted by Gasteiger charge is -2.37. The van der Waals surface area contributed by atoms with Crippen molar-refractivity contribution in [2.45, 2.75) is 74.8 Å². The predicted octanol–water partition coefficient (Wildman–Crippen LogP) is 4.96. The van der Waals surface area contributed by atoms with Crippen LogP contribution in [0.25, 0.3) is 0 Å². The van der Waals surface area contributed by atoms with Crippen molar-refractivity contribution in [2.75, 3.05) is 5.75 Å². The van der Waals surface area contributed by atoms with Crippen LogP contribution in [0.4, 0.5) is 10.1 Å². The second kappa shape index (κ2) is 9.11. The van der Waals surface area contributed by atoms with Crippen molar-refractivity contribution in [3.63, 3.8) is 0 Å². The van der Waals surface area contributed by atoms with E-state index in [9.17, 15) is 24.0 Å². The third-order valence-electron chi connectivity index (χ3n) is 5.13. The molecule has 2 atom stereocenters. The predicted molar refractivity (Wildman–Crippen MR) is 115 cm³/mol. The highest BCUT2D eigenvalue weighted by Gasteiger charge is 2.40. The molecule has 0 heterocycles. The Morgan fingerprint density at radius 3 is 2.45 bits per heavy atom. The molecule has 2 rings (SSSR count). The van der Waals surface area contributed by atoms with E-state index >= 15 is 0 Å². The first-order valence-electron chi connectivity index (χ1n) is 9.62. The van der Waals surface area contributed by atoms with E-state index in [2.05, 4.69) is 10.8 Å². The molecule has 0 saturated heterocycles. The second-order valence-electron chi connectivity index (χ2n) is 8.69. The maximum absolute atomic E-state index is 14.8. The van der Waals surface area contributed by atoms with Crippen LogP contribution in [0, 0.1) is 27.3 Å². The molecule has 0 unspecified atom stereocenters. The fraction of sp³-hybridized carbons (Fsp3) is 0.650. The number of nitrogens with one attached hydrogen (secondary N) is 1. The van der Waals surface area contributed by atoms with Gasteiger partial charge >= 0.3 is 0 Å². The molecule has 160 valence electrons. The second-order valence-corrected chi connectivity index (χ2v) is 12.0. The van der Waals surface area contributed by atoms with Crippen LogP contribution in [-0.2, 0) is 16.5 Å². The highest BCUT2D eigenvalue weighted by atomic mass is 32.2. The molecular formula is C20H28FN3O3S2. The van der Waals surface area contributed by atoms with Gasteiger partial charge in [0.25, 0.3) is 5.69 Å². The van der Waals surface area contributed by atoms with Crippen LogP contribution in [0.1, 0.15) is 65.4 Å². The number of hydrogen-bond donors (Lipinski definition) is 1. The molecule has 0 bridgehead atoms. The molecule has 0 aromatic heterocycles. The summed E-state index contributed by atoms with van der Waals surface area (Å²) in [4.78, 5) is 10.7. The van der Waals surface area contributed by atoms with Crippen LogP contribution in [0.5, 0.6) is 0 Å². The van der Waals surface area contributed by atoms with Crippen LogP contribution < -0.4 is 4.72 Å². The number of nitrogens with zero attached hydrogens (tertiary/aromatic N) is 2. The van der Waals surface area contributed by atoms with E-state index in [1.807, 2.05) is 0 Å². The lowest BCUT2D eigenvalue weighted by atomic mass is 9.89. The lowest BCUT2D eigenvalue weighted by Crippen LogP contribution is -2.49. The Kier molecular flexibility index (Phi) is 7.47. The molecule has 1 saturated carbocycles. The maximum atomic E-state index is 14.8. The minimum atomic E-state index is -1.54. The summed E-state index contributed by atoms with van der Waals surface area (Å²) in [5, 5.41) is 21.0. The van der Waals surface area contributed by atoms with Gasteiger partial charge in [-0.2, -0.15) is 5.26 Å². The molecule has 1 aliphatic carbocycles. The molecule has 9 heteroatoms. The Morgan fingerprint density at radius 1 is 1.31 bits per heavy atom. The largest absolute Gasteiger partial charge is 0.269 e. The molecule has 1 N–H and O–H groups in total. The van der Waals surface area contributed by atoms with Crippen LogP contribution in [0.2, 0.25) is 0 Å². The molecule has 29 heavy (non-hydrogen) atoms. The normalized spacial score (nSPS) is 19.7. The minimum Gasteiger partial charge on any atom is -0.258 e. The molecule has 0 spiro atoms. The number of thioether (sulfide) groups is 1. The summed E-state index contributed by atoms with van der Waals surface area (Å²) >= 11 is 1.43. The smallest absolute Gasteiger partial charge is 0.258 e. The van der Waals surface area contributed by atoms with Gasteiger partial charge in [-0.3, -0.25) is 10.1 Å². The van der Waals surface area contributed by atoms with Crippen LogP contribution in [0.15, 0.2) is 18.2 Å². The zero-order valence-electron chi connectivity index (χ0n) is 17.3. The highest BCUT2D eigenvalue weighted by molar-refractivity contribution is 8.01. The Bertz CT molecular complexity index is 829. The average molecular weight is 442 g/mol. The first kappa shape index (κ1) is 23.8. The summed E-state index contributed by atoms with van der Waals surface area (Å²) in [6.07, 6.45) is 4.52. The molecule has 1 aromatic rings. The molecule has 1 fully saturated rings. The summed E-state index contributed by atoms with van der Waals surface area (Å²) in [6, 6.07) is 5.81. The third-order valence-corrected chi connectivity index (χ3v) is 8.65. The van der Waals surface area contributed by atoms with Gasteiger partial charge in [-0.05, 0) is 46.6 Å². The lowest BCUT2D eigenvalue weighted by molar-refractivity contribution is -0.385. The average Bonchev–Trinajstić information content (AvgIpc) is 2.66. The molecule has 1 aromatic carbocycles. The zero-order chi connectivity index (χ0) is 21.9. The first-order valence-corrected chi connectivity index (χ1v) is 11.8. The first-order chi connectivity index (χ1) is 13.4. The van der Waals surface area contributed by atoms with Crippen LogP contribution in [0.3, 0.4) is 0 Å². The third kappa shape index (κ3) is 5.77. The number of non-ortho nitro benzene ring substituents is 1. The van der Waals surface area contributed by atoms with E-state index in [0.717, 1.165) is 44.2 Å². The van der Waals surface area contributed by atoms with Gasteiger partial charge in [0.15, 0.2) is 0 Å². The van der Waals surface area contributed by atoms with Gasteiger partial charge in [0.05, 0.1) is 32.3 Å². The van der Waals surface area contributed by atoms with E-state index < -0.39 is 36.8 Å². The van der Waals surface area contributed by atoms with E-state index in [-0.39, 0.29) is 17.0 Å². The van der Waals surface area contributed by atoms with Crippen molar-refractivity contribution in [1.29, 1.82) is 5.26 Å². The Hall–Kier alpha value is -1.50. The standard InChI is InChI=1S/C20H28FN3O3S2/c1-18(2,3)29(27)23-19(4,14-28-20(13-22)10-6-5-7-11-20)16-12-15(24(25)26)8-9-17(16)21/h8-9,12,23H,5-7,10-11,14H2,1-4H3/t19-,29-/m0/s1. The summed E-state index contributed by atoms with van der Waals surface area (Å²) in [5.74, 6) is -0.340. The van der Waals surface area contributed by atoms with Crippen LogP contribution >= 0.6 is 11.8 Å². The fourth-order valence-electron chi connectivity index (χ4n) is 3.26. The van der Waals surface area contributed by atoms with Gasteiger partial charge in [0.2, 0.25) is 0 Å². The van der Waals surface area contributed by atoms with Gasteiger partial charge in [0.1, 0.15) is 10.6 Å². The number of nitro groups is 1. The van der Waals surface area contributed by atoms with Crippen molar-refractivity contribution in [2.24, 2.45) is 0 Å². The van der Waals surface area contributed by atoms with Gasteiger partial charge in [-0.15, -0.1) is 11.8 Å². The number of nitriles is 1. The fourth-order valence-corrected chi connectivity index (χ4v) is 5.69. The summed E-state index contributed by atoms with van der Waals surface area (Å²) < 4.78 is 29.5. The van der Waals surface area contributed by atoms with E-state index in [0.29, 0.717) is 0 Å². The topological polar surface area (TPSA) is 96.0 Å².